The molecule has 1 aliphatic heterocycles. The molecule has 0 unspecified atom stereocenters. The third-order valence-electron chi connectivity index (χ3n) is 3.92. The summed E-state index contributed by atoms with van der Waals surface area (Å²) in [5.41, 5.74) is 0. The van der Waals surface area contributed by atoms with E-state index in [1.807, 2.05) is 0 Å². The number of nitrogens with one attached hydrogen (secondary N) is 2. The molecule has 0 spiro atoms. The Bertz CT molecular complexity index is 232. The Morgan fingerprint density at radius 1 is 0.667 bits per heavy atom. The predicted molar refractivity (Wildman–Crippen MR) is 86.6 cm³/mol. The lowest BCUT2D eigenvalue weighted by molar-refractivity contribution is 0.159. The second kappa shape index (κ2) is 13.4. The Hall–Kier alpha value is -0.240. The summed E-state index contributed by atoms with van der Waals surface area (Å²) < 4.78 is 0. The first-order valence-corrected chi connectivity index (χ1v) is 8.44. The van der Waals surface area contributed by atoms with Gasteiger partial charge in [-0.3, -0.25) is 4.90 Å². The minimum atomic E-state index is 0.230. The molecule has 126 valence electrons. The van der Waals surface area contributed by atoms with E-state index >= 15 is 0 Å². The molecular formula is C15H34N4O2. The molecule has 1 saturated heterocycles. The van der Waals surface area contributed by atoms with E-state index in [1.54, 1.807) is 0 Å². The zero-order chi connectivity index (χ0) is 15.2. The van der Waals surface area contributed by atoms with Gasteiger partial charge in [-0.15, -0.1) is 0 Å². The zero-order valence-corrected chi connectivity index (χ0v) is 13.4. The van der Waals surface area contributed by atoms with Gasteiger partial charge in [-0.2, -0.15) is 0 Å². The fourth-order valence-electron chi connectivity index (χ4n) is 2.67. The van der Waals surface area contributed by atoms with Crippen LogP contribution in [0.25, 0.3) is 0 Å². The summed E-state index contributed by atoms with van der Waals surface area (Å²) >= 11 is 0. The van der Waals surface area contributed by atoms with Crippen molar-refractivity contribution in [3.8, 4) is 0 Å². The smallest absolute Gasteiger partial charge is 0.0558 e. The quantitative estimate of drug-likeness (QED) is 0.519. The van der Waals surface area contributed by atoms with Crippen molar-refractivity contribution >= 4 is 0 Å². The molecule has 0 bridgehead atoms. The number of hydrogen-bond acceptors (Lipinski definition) is 6. The molecule has 0 saturated carbocycles. The molecule has 0 aliphatic carbocycles. The van der Waals surface area contributed by atoms with Crippen molar-refractivity contribution in [2.24, 2.45) is 0 Å². The van der Waals surface area contributed by atoms with Crippen LogP contribution in [0, 0.1) is 0 Å². The van der Waals surface area contributed by atoms with Crippen LogP contribution in [0.5, 0.6) is 0 Å². The van der Waals surface area contributed by atoms with Gasteiger partial charge in [0.1, 0.15) is 0 Å². The second-order valence-electron chi connectivity index (χ2n) is 5.69. The van der Waals surface area contributed by atoms with Crippen LogP contribution in [0.1, 0.15) is 19.3 Å². The molecule has 1 heterocycles. The van der Waals surface area contributed by atoms with E-state index in [0.29, 0.717) is 0 Å². The monoisotopic (exact) mass is 302 g/mol. The van der Waals surface area contributed by atoms with Gasteiger partial charge in [-0.1, -0.05) is 0 Å². The van der Waals surface area contributed by atoms with Gasteiger partial charge in [0.05, 0.1) is 6.61 Å². The van der Waals surface area contributed by atoms with E-state index in [-0.39, 0.29) is 13.2 Å². The Morgan fingerprint density at radius 3 is 1.76 bits per heavy atom. The summed E-state index contributed by atoms with van der Waals surface area (Å²) in [5, 5.41) is 25.1. The molecule has 1 fully saturated rings. The highest BCUT2D eigenvalue weighted by Gasteiger charge is 2.09. The third-order valence-corrected chi connectivity index (χ3v) is 3.92. The van der Waals surface area contributed by atoms with Crippen LogP contribution in [0.4, 0.5) is 0 Å². The molecule has 0 aromatic carbocycles. The molecule has 0 radical (unpaired) electrons. The van der Waals surface area contributed by atoms with E-state index in [0.717, 1.165) is 84.7 Å². The van der Waals surface area contributed by atoms with Crippen molar-refractivity contribution < 1.29 is 10.2 Å². The summed E-state index contributed by atoms with van der Waals surface area (Å²) in [6.07, 6.45) is 3.11. The van der Waals surface area contributed by atoms with Crippen molar-refractivity contribution in [2.75, 3.05) is 78.7 Å². The molecule has 0 aromatic heterocycles. The molecule has 0 aromatic rings. The van der Waals surface area contributed by atoms with Crippen molar-refractivity contribution in [2.45, 2.75) is 19.3 Å². The maximum Gasteiger partial charge on any atom is 0.0558 e. The fourth-order valence-corrected chi connectivity index (χ4v) is 2.67. The summed E-state index contributed by atoms with van der Waals surface area (Å²) in [4.78, 5) is 4.78. The minimum absolute atomic E-state index is 0.230. The first-order valence-electron chi connectivity index (χ1n) is 8.44. The van der Waals surface area contributed by atoms with Gasteiger partial charge in [0.2, 0.25) is 0 Å². The lowest BCUT2D eigenvalue weighted by atomic mass is 10.3. The first-order chi connectivity index (χ1) is 10.4. The van der Waals surface area contributed by atoms with Crippen LogP contribution >= 0.6 is 0 Å². The number of hydrogen-bond donors (Lipinski definition) is 4. The minimum Gasteiger partial charge on any atom is -0.396 e. The normalized spacial score (nSPS) is 22.0. The standard InChI is InChI=1S/C15H34N4O2/c20-14-3-10-18-8-1-4-16-6-7-17-5-2-9-19(12-11-18)13-15-21/h16-17,20-21H,1-15H2. The Balaban J connectivity index is 2.41. The van der Waals surface area contributed by atoms with Gasteiger partial charge in [0, 0.05) is 45.9 Å². The van der Waals surface area contributed by atoms with Crippen LogP contribution in [-0.4, -0.2) is 98.7 Å². The van der Waals surface area contributed by atoms with Crippen LogP contribution in [0.3, 0.4) is 0 Å². The highest BCUT2D eigenvalue weighted by Crippen LogP contribution is 1.98. The molecule has 6 nitrogen and oxygen atoms in total. The third kappa shape index (κ3) is 10.2. The van der Waals surface area contributed by atoms with Gasteiger partial charge in [0.15, 0.2) is 0 Å². The SMILES string of the molecule is OCCCN1CCCNCCNCCCN(CCO)CC1. The van der Waals surface area contributed by atoms with E-state index in [2.05, 4.69) is 20.4 Å². The van der Waals surface area contributed by atoms with Gasteiger partial charge < -0.3 is 25.7 Å². The maximum absolute atomic E-state index is 9.18. The first kappa shape index (κ1) is 18.8. The summed E-state index contributed by atoms with van der Waals surface area (Å²) in [7, 11) is 0. The van der Waals surface area contributed by atoms with Crippen LogP contribution in [-0.2, 0) is 0 Å². The number of β-amino-alcohol motifs (C(OH)–C–C–N with tert-alkyl or cyclic N) is 1. The molecule has 0 amide bonds. The molecule has 21 heavy (non-hydrogen) atoms. The lowest BCUT2D eigenvalue weighted by Crippen LogP contribution is -2.40. The Morgan fingerprint density at radius 2 is 1.24 bits per heavy atom. The van der Waals surface area contributed by atoms with Crippen molar-refractivity contribution in [3.63, 3.8) is 0 Å². The summed E-state index contributed by atoms with van der Waals surface area (Å²) in [6.45, 7) is 10.5. The molecule has 1 rings (SSSR count). The van der Waals surface area contributed by atoms with E-state index in [9.17, 15) is 5.11 Å². The molecule has 1 aliphatic rings. The largest absolute Gasteiger partial charge is 0.396 e. The number of aliphatic hydroxyl groups excluding tert-OH is 2. The molecular weight excluding hydrogens is 268 g/mol. The summed E-state index contributed by atoms with van der Waals surface area (Å²) in [5.74, 6) is 0. The van der Waals surface area contributed by atoms with Crippen molar-refractivity contribution in [3.05, 3.63) is 0 Å². The molecule has 4 N–H and O–H groups in total. The van der Waals surface area contributed by atoms with Gasteiger partial charge in [0.25, 0.3) is 0 Å². The number of aliphatic hydroxyl groups is 2. The topological polar surface area (TPSA) is 71.0 Å². The van der Waals surface area contributed by atoms with Crippen LogP contribution < -0.4 is 10.6 Å². The number of nitrogens with zero attached hydrogens (tertiary/aromatic N) is 2. The maximum atomic E-state index is 9.18. The predicted octanol–water partition coefficient (Wildman–Crippen LogP) is -1.06. The molecule has 6 heteroatoms. The van der Waals surface area contributed by atoms with Crippen molar-refractivity contribution in [1.82, 2.24) is 20.4 Å². The van der Waals surface area contributed by atoms with Gasteiger partial charge in [-0.05, 0) is 45.4 Å². The van der Waals surface area contributed by atoms with Crippen LogP contribution in [0.15, 0.2) is 0 Å². The van der Waals surface area contributed by atoms with E-state index < -0.39 is 0 Å². The van der Waals surface area contributed by atoms with Crippen molar-refractivity contribution in [1.29, 1.82) is 0 Å². The van der Waals surface area contributed by atoms with Crippen LogP contribution in [0.2, 0.25) is 0 Å². The van der Waals surface area contributed by atoms with Gasteiger partial charge in [-0.25, -0.2) is 0 Å². The Labute approximate surface area is 129 Å². The molecule has 0 atom stereocenters. The summed E-state index contributed by atoms with van der Waals surface area (Å²) in [6, 6.07) is 0. The zero-order valence-electron chi connectivity index (χ0n) is 13.4. The Kier molecular flexibility index (Phi) is 12.0. The second-order valence-corrected chi connectivity index (χ2v) is 5.69. The highest BCUT2D eigenvalue weighted by atomic mass is 16.3. The van der Waals surface area contributed by atoms with Gasteiger partial charge >= 0.3 is 0 Å². The number of rotatable bonds is 5. The highest BCUT2D eigenvalue weighted by molar-refractivity contribution is 4.66. The lowest BCUT2D eigenvalue weighted by Gasteiger charge is -2.27. The van der Waals surface area contributed by atoms with E-state index in [4.69, 9.17) is 5.11 Å². The van der Waals surface area contributed by atoms with E-state index in [1.165, 1.54) is 0 Å². The fraction of sp³-hybridized carbons (Fsp3) is 1.00. The average molecular weight is 302 g/mol. The average Bonchev–Trinajstić information content (AvgIpc) is 2.50.